The van der Waals surface area contributed by atoms with Crippen molar-refractivity contribution in [1.82, 2.24) is 9.88 Å². The molecular weight excluding hydrogens is 234 g/mol. The van der Waals surface area contributed by atoms with Gasteiger partial charge in [0.1, 0.15) is 6.07 Å². The van der Waals surface area contributed by atoms with E-state index in [4.69, 9.17) is 5.26 Å². The maximum absolute atomic E-state index is 9.14. The van der Waals surface area contributed by atoms with Gasteiger partial charge in [0, 0.05) is 37.6 Å². The van der Waals surface area contributed by atoms with Gasteiger partial charge in [-0.05, 0) is 12.1 Å². The van der Waals surface area contributed by atoms with Gasteiger partial charge in [0.2, 0.25) is 0 Å². The lowest BCUT2D eigenvalue weighted by molar-refractivity contribution is 0.566. The maximum Gasteiger partial charge on any atom is 0.101 e. The third-order valence-electron chi connectivity index (χ3n) is 2.65. The molecule has 0 atom stereocenters. The van der Waals surface area contributed by atoms with Crippen LogP contribution in [0.25, 0.3) is 16.8 Å². The van der Waals surface area contributed by atoms with Crippen molar-refractivity contribution in [2.24, 2.45) is 0 Å². The molecule has 1 heterocycles. The van der Waals surface area contributed by atoms with Gasteiger partial charge in [-0.25, -0.2) is 0 Å². The normalized spacial score (nSPS) is 10.9. The van der Waals surface area contributed by atoms with Gasteiger partial charge in [0.25, 0.3) is 0 Å². The van der Waals surface area contributed by atoms with E-state index in [1.807, 2.05) is 61.5 Å². The maximum atomic E-state index is 9.14. The second-order valence-corrected chi connectivity index (χ2v) is 4.42. The van der Waals surface area contributed by atoms with Crippen LogP contribution in [0.2, 0.25) is 0 Å². The molecule has 3 heteroatoms. The van der Waals surface area contributed by atoms with Gasteiger partial charge in [-0.2, -0.15) is 5.26 Å². The Morgan fingerprint density at radius 1 is 1.16 bits per heavy atom. The Kier molecular flexibility index (Phi) is 3.94. The molecule has 0 fully saturated rings. The van der Waals surface area contributed by atoms with Crippen LogP contribution in [0.15, 0.2) is 54.9 Å². The van der Waals surface area contributed by atoms with Gasteiger partial charge in [0.15, 0.2) is 0 Å². The van der Waals surface area contributed by atoms with Gasteiger partial charge < -0.3 is 4.90 Å². The summed E-state index contributed by atoms with van der Waals surface area (Å²) in [7, 11) is 3.78. The zero-order chi connectivity index (χ0) is 13.7. The summed E-state index contributed by atoms with van der Waals surface area (Å²) in [5.74, 6) is 0. The highest BCUT2D eigenvalue weighted by Gasteiger charge is 2.03. The van der Waals surface area contributed by atoms with E-state index in [1.165, 1.54) is 0 Å². The molecule has 0 amide bonds. The van der Waals surface area contributed by atoms with Gasteiger partial charge in [-0.1, -0.05) is 30.3 Å². The number of pyridine rings is 1. The molecule has 0 aliphatic carbocycles. The standard InChI is InChI=1S/C16H15N3/c1-19(2)12-15(10-17)14-8-9-16(18-11-14)13-6-4-3-5-7-13/h3-9,11-12H,1-2H3/b15-12+. The fourth-order valence-electron chi connectivity index (χ4n) is 1.76. The van der Waals surface area contributed by atoms with E-state index in [1.54, 1.807) is 12.4 Å². The van der Waals surface area contributed by atoms with Crippen LogP contribution in [0.3, 0.4) is 0 Å². The van der Waals surface area contributed by atoms with Gasteiger partial charge in [0.05, 0.1) is 11.3 Å². The number of benzene rings is 1. The fourth-order valence-corrected chi connectivity index (χ4v) is 1.76. The van der Waals surface area contributed by atoms with Crippen molar-refractivity contribution in [1.29, 1.82) is 5.26 Å². The van der Waals surface area contributed by atoms with Crippen LogP contribution in [0.5, 0.6) is 0 Å². The molecule has 94 valence electrons. The van der Waals surface area contributed by atoms with Gasteiger partial charge in [-0.3, -0.25) is 4.98 Å². The Labute approximate surface area is 113 Å². The van der Waals surface area contributed by atoms with E-state index in [2.05, 4.69) is 11.1 Å². The Hall–Kier alpha value is -2.60. The smallest absolute Gasteiger partial charge is 0.101 e. The van der Waals surface area contributed by atoms with Gasteiger partial charge >= 0.3 is 0 Å². The van der Waals surface area contributed by atoms with Crippen molar-refractivity contribution in [2.75, 3.05) is 14.1 Å². The van der Waals surface area contributed by atoms with Crippen molar-refractivity contribution in [2.45, 2.75) is 0 Å². The lowest BCUT2D eigenvalue weighted by Gasteiger charge is -2.07. The van der Waals surface area contributed by atoms with E-state index in [9.17, 15) is 0 Å². The van der Waals surface area contributed by atoms with Crippen molar-refractivity contribution < 1.29 is 0 Å². The summed E-state index contributed by atoms with van der Waals surface area (Å²) in [6.45, 7) is 0. The predicted octanol–water partition coefficient (Wildman–Crippen LogP) is 3.17. The van der Waals surface area contributed by atoms with E-state index >= 15 is 0 Å². The lowest BCUT2D eigenvalue weighted by atomic mass is 10.1. The van der Waals surface area contributed by atoms with Crippen LogP contribution in [-0.4, -0.2) is 24.0 Å². The second kappa shape index (κ2) is 5.83. The molecule has 0 radical (unpaired) electrons. The topological polar surface area (TPSA) is 39.9 Å². The molecule has 2 aromatic rings. The number of aromatic nitrogens is 1. The van der Waals surface area contributed by atoms with E-state index in [-0.39, 0.29) is 0 Å². The van der Waals surface area contributed by atoms with Crippen LogP contribution in [0, 0.1) is 11.3 Å². The average Bonchev–Trinajstić information content (AvgIpc) is 2.46. The molecule has 0 aliphatic heterocycles. The number of hydrogen-bond acceptors (Lipinski definition) is 3. The minimum atomic E-state index is 0.608. The SMILES string of the molecule is CN(C)/C=C(\C#N)c1ccc(-c2ccccc2)nc1. The molecule has 0 saturated carbocycles. The third-order valence-corrected chi connectivity index (χ3v) is 2.65. The molecule has 0 aliphatic rings. The highest BCUT2D eigenvalue weighted by atomic mass is 15.0. The highest BCUT2D eigenvalue weighted by molar-refractivity contribution is 5.76. The Bertz CT molecular complexity index is 605. The Morgan fingerprint density at radius 2 is 1.89 bits per heavy atom. The molecule has 0 unspecified atom stereocenters. The zero-order valence-corrected chi connectivity index (χ0v) is 11.0. The predicted molar refractivity (Wildman–Crippen MR) is 77.0 cm³/mol. The number of nitriles is 1. The molecule has 2 rings (SSSR count). The second-order valence-electron chi connectivity index (χ2n) is 4.42. The molecular formula is C16H15N3. The highest BCUT2D eigenvalue weighted by Crippen LogP contribution is 2.19. The average molecular weight is 249 g/mol. The summed E-state index contributed by atoms with van der Waals surface area (Å²) < 4.78 is 0. The molecule has 1 aromatic heterocycles. The van der Waals surface area contributed by atoms with Crippen molar-refractivity contribution >= 4 is 5.57 Å². The minimum Gasteiger partial charge on any atom is -0.382 e. The third kappa shape index (κ3) is 3.20. The Morgan fingerprint density at radius 3 is 2.42 bits per heavy atom. The minimum absolute atomic E-state index is 0.608. The summed E-state index contributed by atoms with van der Waals surface area (Å²) in [6, 6.07) is 16.0. The number of rotatable bonds is 3. The van der Waals surface area contributed by atoms with E-state index in [0.29, 0.717) is 5.57 Å². The van der Waals surface area contributed by atoms with Crippen LogP contribution < -0.4 is 0 Å². The first kappa shape index (κ1) is 12.8. The first-order chi connectivity index (χ1) is 9.20. The van der Waals surface area contributed by atoms with Crippen molar-refractivity contribution in [3.63, 3.8) is 0 Å². The lowest BCUT2D eigenvalue weighted by Crippen LogP contribution is -2.02. The van der Waals surface area contributed by atoms with Crippen molar-refractivity contribution in [3.8, 4) is 17.3 Å². The van der Waals surface area contributed by atoms with Crippen LogP contribution in [0.1, 0.15) is 5.56 Å². The fraction of sp³-hybridized carbons (Fsp3) is 0.125. The largest absolute Gasteiger partial charge is 0.382 e. The van der Waals surface area contributed by atoms with E-state index in [0.717, 1.165) is 16.8 Å². The molecule has 0 saturated heterocycles. The molecule has 0 spiro atoms. The summed E-state index contributed by atoms with van der Waals surface area (Å²) in [5, 5.41) is 9.14. The number of nitrogens with zero attached hydrogens (tertiary/aromatic N) is 3. The van der Waals surface area contributed by atoms with Crippen molar-refractivity contribution in [3.05, 3.63) is 60.4 Å². The summed E-state index contributed by atoms with van der Waals surface area (Å²) >= 11 is 0. The quantitative estimate of drug-likeness (QED) is 0.784. The summed E-state index contributed by atoms with van der Waals surface area (Å²) in [4.78, 5) is 6.27. The molecule has 0 N–H and O–H groups in total. The molecule has 1 aromatic carbocycles. The van der Waals surface area contributed by atoms with Crippen LogP contribution >= 0.6 is 0 Å². The summed E-state index contributed by atoms with van der Waals surface area (Å²) in [6.07, 6.45) is 3.53. The Balaban J connectivity index is 2.32. The first-order valence-corrected chi connectivity index (χ1v) is 6.01. The first-order valence-electron chi connectivity index (χ1n) is 6.01. The molecule has 0 bridgehead atoms. The molecule has 19 heavy (non-hydrogen) atoms. The van der Waals surface area contributed by atoms with Crippen LogP contribution in [0.4, 0.5) is 0 Å². The summed E-state index contributed by atoms with van der Waals surface area (Å²) in [5.41, 5.74) is 3.42. The molecule has 3 nitrogen and oxygen atoms in total. The van der Waals surface area contributed by atoms with E-state index < -0.39 is 0 Å². The zero-order valence-electron chi connectivity index (χ0n) is 11.0. The van der Waals surface area contributed by atoms with Crippen LogP contribution in [-0.2, 0) is 0 Å². The monoisotopic (exact) mass is 249 g/mol. The van der Waals surface area contributed by atoms with Gasteiger partial charge in [-0.15, -0.1) is 0 Å². The number of allylic oxidation sites excluding steroid dienone is 1. The number of hydrogen-bond donors (Lipinski definition) is 0.